The number of nitrogens with one attached hydrogen (secondary N) is 1. The van der Waals surface area contributed by atoms with Crippen molar-refractivity contribution >= 4 is 26.0 Å². The SMILES string of the molecule is CN(C)C(C)(C)CNS(=O)(=O)c1cc(CO)ccc1Br. The summed E-state index contributed by atoms with van der Waals surface area (Å²) in [5.74, 6) is 0. The molecule has 0 unspecified atom stereocenters. The van der Waals surface area contributed by atoms with Crippen LogP contribution in [0.2, 0.25) is 0 Å². The van der Waals surface area contributed by atoms with E-state index in [4.69, 9.17) is 5.11 Å². The Labute approximate surface area is 129 Å². The van der Waals surface area contributed by atoms with Crippen molar-refractivity contribution in [3.63, 3.8) is 0 Å². The molecule has 7 heteroatoms. The Hall–Kier alpha value is -0.470. The highest BCUT2D eigenvalue weighted by Gasteiger charge is 2.25. The van der Waals surface area contributed by atoms with E-state index in [-0.39, 0.29) is 23.6 Å². The molecule has 1 aromatic rings. The average molecular weight is 365 g/mol. The van der Waals surface area contributed by atoms with Gasteiger partial charge in [-0.3, -0.25) is 0 Å². The molecule has 1 rings (SSSR count). The first-order chi connectivity index (χ1) is 9.10. The fourth-order valence-corrected chi connectivity index (χ4v) is 3.58. The molecule has 2 N–H and O–H groups in total. The molecule has 0 aliphatic rings. The van der Waals surface area contributed by atoms with Crippen molar-refractivity contribution in [2.45, 2.75) is 30.9 Å². The van der Waals surface area contributed by atoms with Crippen LogP contribution in [0, 0.1) is 0 Å². The van der Waals surface area contributed by atoms with E-state index in [1.54, 1.807) is 12.1 Å². The monoisotopic (exact) mass is 364 g/mol. The van der Waals surface area contributed by atoms with Crippen molar-refractivity contribution in [1.29, 1.82) is 0 Å². The lowest BCUT2D eigenvalue weighted by molar-refractivity contribution is 0.199. The number of nitrogens with zero attached hydrogens (tertiary/aromatic N) is 1. The van der Waals surface area contributed by atoms with Crippen LogP contribution in [0.3, 0.4) is 0 Å². The van der Waals surface area contributed by atoms with Crippen LogP contribution in [0.15, 0.2) is 27.6 Å². The van der Waals surface area contributed by atoms with Gasteiger partial charge in [-0.25, -0.2) is 13.1 Å². The second-order valence-electron chi connectivity index (χ2n) is 5.45. The van der Waals surface area contributed by atoms with E-state index >= 15 is 0 Å². The van der Waals surface area contributed by atoms with E-state index in [1.165, 1.54) is 6.07 Å². The molecule has 0 atom stereocenters. The molecule has 114 valence electrons. The van der Waals surface area contributed by atoms with Crippen LogP contribution < -0.4 is 4.72 Å². The highest BCUT2D eigenvalue weighted by atomic mass is 79.9. The fraction of sp³-hybridized carbons (Fsp3) is 0.538. The summed E-state index contributed by atoms with van der Waals surface area (Å²) in [6.07, 6.45) is 0. The first-order valence-electron chi connectivity index (χ1n) is 6.16. The van der Waals surface area contributed by atoms with Gasteiger partial charge in [0.15, 0.2) is 0 Å². The molecule has 0 aliphatic heterocycles. The van der Waals surface area contributed by atoms with Gasteiger partial charge in [-0.05, 0) is 61.6 Å². The Kier molecular flexibility index (Phi) is 5.74. The van der Waals surface area contributed by atoms with E-state index in [0.717, 1.165) is 0 Å². The van der Waals surface area contributed by atoms with Gasteiger partial charge >= 0.3 is 0 Å². The number of hydrogen-bond donors (Lipinski definition) is 2. The first kappa shape index (κ1) is 17.6. The smallest absolute Gasteiger partial charge is 0.241 e. The lowest BCUT2D eigenvalue weighted by Crippen LogP contribution is -2.48. The summed E-state index contributed by atoms with van der Waals surface area (Å²) in [6.45, 7) is 4.00. The third kappa shape index (κ3) is 4.26. The second kappa shape index (κ2) is 6.53. The zero-order chi connectivity index (χ0) is 15.6. The largest absolute Gasteiger partial charge is 0.392 e. The van der Waals surface area contributed by atoms with Crippen molar-refractivity contribution < 1.29 is 13.5 Å². The van der Waals surface area contributed by atoms with Gasteiger partial charge in [0.1, 0.15) is 0 Å². The molecule has 0 amide bonds. The summed E-state index contributed by atoms with van der Waals surface area (Å²) in [7, 11) is 0.174. The molecule has 0 aliphatic carbocycles. The van der Waals surface area contributed by atoms with Gasteiger partial charge in [-0.15, -0.1) is 0 Å². The number of halogens is 1. The maximum absolute atomic E-state index is 12.3. The van der Waals surface area contributed by atoms with E-state index in [0.29, 0.717) is 10.0 Å². The number of aliphatic hydroxyl groups is 1. The lowest BCUT2D eigenvalue weighted by Gasteiger charge is -2.32. The quantitative estimate of drug-likeness (QED) is 0.803. The van der Waals surface area contributed by atoms with Crippen LogP contribution >= 0.6 is 15.9 Å². The van der Waals surface area contributed by atoms with Crippen LogP contribution in [-0.4, -0.2) is 44.6 Å². The second-order valence-corrected chi connectivity index (χ2v) is 8.04. The Balaban J connectivity index is 3.00. The van der Waals surface area contributed by atoms with Crippen molar-refractivity contribution in [3.05, 3.63) is 28.2 Å². The zero-order valence-corrected chi connectivity index (χ0v) is 14.5. The van der Waals surface area contributed by atoms with Crippen molar-refractivity contribution in [2.24, 2.45) is 0 Å². The fourth-order valence-electron chi connectivity index (χ4n) is 1.36. The number of hydrogen-bond acceptors (Lipinski definition) is 4. The number of benzene rings is 1. The topological polar surface area (TPSA) is 69.6 Å². The Morgan fingerprint density at radius 2 is 1.95 bits per heavy atom. The molecule has 0 bridgehead atoms. The number of aliphatic hydroxyl groups excluding tert-OH is 1. The molecule has 0 fully saturated rings. The summed E-state index contributed by atoms with van der Waals surface area (Å²) >= 11 is 3.23. The highest BCUT2D eigenvalue weighted by Crippen LogP contribution is 2.23. The average Bonchev–Trinajstić information content (AvgIpc) is 2.37. The predicted molar refractivity (Wildman–Crippen MR) is 83.0 cm³/mol. The van der Waals surface area contributed by atoms with Gasteiger partial charge in [-0.2, -0.15) is 0 Å². The third-order valence-corrected chi connectivity index (χ3v) is 5.77. The first-order valence-corrected chi connectivity index (χ1v) is 8.44. The van der Waals surface area contributed by atoms with Gasteiger partial charge in [0.2, 0.25) is 10.0 Å². The molecule has 20 heavy (non-hydrogen) atoms. The van der Waals surface area contributed by atoms with Crippen LogP contribution in [0.4, 0.5) is 0 Å². The van der Waals surface area contributed by atoms with Crippen LogP contribution in [-0.2, 0) is 16.6 Å². The lowest BCUT2D eigenvalue weighted by atomic mass is 10.1. The number of rotatable bonds is 6. The standard InChI is InChI=1S/C13H21BrN2O3S/c1-13(2,16(3)4)9-15-20(18,19)12-7-10(8-17)5-6-11(12)14/h5-7,15,17H,8-9H2,1-4H3. The van der Waals surface area contributed by atoms with E-state index in [2.05, 4.69) is 20.7 Å². The van der Waals surface area contributed by atoms with Crippen molar-refractivity contribution in [2.75, 3.05) is 20.6 Å². The minimum absolute atomic E-state index is 0.138. The summed E-state index contributed by atoms with van der Waals surface area (Å²) in [5, 5.41) is 9.11. The molecule has 0 heterocycles. The Bertz CT molecular complexity index is 571. The molecular weight excluding hydrogens is 344 g/mol. The molecule has 0 saturated heterocycles. The molecule has 0 aromatic heterocycles. The minimum Gasteiger partial charge on any atom is -0.392 e. The summed E-state index contributed by atoms with van der Waals surface area (Å²) in [6, 6.07) is 4.76. The maximum Gasteiger partial charge on any atom is 0.241 e. The summed E-state index contributed by atoms with van der Waals surface area (Å²) < 4.78 is 27.8. The van der Waals surface area contributed by atoms with Gasteiger partial charge in [-0.1, -0.05) is 6.07 Å². The predicted octanol–water partition coefficient (Wildman–Crippen LogP) is 1.56. The van der Waals surface area contributed by atoms with Crippen LogP contribution in [0.1, 0.15) is 19.4 Å². The molecule has 0 radical (unpaired) electrons. The Morgan fingerprint density at radius 3 is 2.45 bits per heavy atom. The van der Waals surface area contributed by atoms with Crippen LogP contribution in [0.5, 0.6) is 0 Å². The molecule has 0 saturated carbocycles. The summed E-state index contributed by atoms with van der Waals surface area (Å²) in [4.78, 5) is 2.09. The highest BCUT2D eigenvalue weighted by molar-refractivity contribution is 9.10. The third-order valence-electron chi connectivity index (χ3n) is 3.37. The minimum atomic E-state index is -3.62. The zero-order valence-electron chi connectivity index (χ0n) is 12.1. The molecule has 1 aromatic carbocycles. The van der Waals surface area contributed by atoms with E-state index in [9.17, 15) is 8.42 Å². The molecule has 0 spiro atoms. The van der Waals surface area contributed by atoms with Gasteiger partial charge in [0, 0.05) is 16.6 Å². The van der Waals surface area contributed by atoms with Gasteiger partial charge < -0.3 is 10.0 Å². The maximum atomic E-state index is 12.3. The summed E-state index contributed by atoms with van der Waals surface area (Å²) in [5.41, 5.74) is 0.258. The van der Waals surface area contributed by atoms with Crippen molar-refractivity contribution in [3.8, 4) is 0 Å². The Morgan fingerprint density at radius 1 is 1.35 bits per heavy atom. The van der Waals surface area contributed by atoms with Crippen LogP contribution in [0.25, 0.3) is 0 Å². The number of likely N-dealkylation sites (N-methyl/N-ethyl adjacent to an activating group) is 1. The molecular formula is C13H21BrN2O3S. The number of sulfonamides is 1. The van der Waals surface area contributed by atoms with E-state index in [1.807, 2.05) is 32.8 Å². The van der Waals surface area contributed by atoms with E-state index < -0.39 is 10.0 Å². The molecule has 5 nitrogen and oxygen atoms in total. The normalized spacial score (nSPS) is 12.9. The van der Waals surface area contributed by atoms with Gasteiger partial charge in [0.25, 0.3) is 0 Å². The van der Waals surface area contributed by atoms with Crippen molar-refractivity contribution in [1.82, 2.24) is 9.62 Å². The van der Waals surface area contributed by atoms with Gasteiger partial charge in [0.05, 0.1) is 11.5 Å².